The van der Waals surface area contributed by atoms with Gasteiger partial charge < -0.3 is 16.0 Å². The number of rotatable bonds is 3. The molecule has 1 saturated heterocycles. The van der Waals surface area contributed by atoms with E-state index in [0.717, 1.165) is 12.8 Å². The molecule has 0 aromatic heterocycles. The van der Waals surface area contributed by atoms with Gasteiger partial charge in [-0.3, -0.25) is 4.79 Å². The molecule has 1 aliphatic heterocycles. The number of hydrogen-bond donors (Lipinski definition) is 3. The van der Waals surface area contributed by atoms with Crippen molar-refractivity contribution in [3.8, 4) is 0 Å². The second-order valence-corrected chi connectivity index (χ2v) is 6.62. The van der Waals surface area contributed by atoms with E-state index in [0.29, 0.717) is 24.3 Å². The molecule has 21 heavy (non-hydrogen) atoms. The molecule has 1 aromatic rings. The van der Waals surface area contributed by atoms with Gasteiger partial charge in [0.1, 0.15) is 10.9 Å². The van der Waals surface area contributed by atoms with Crippen molar-refractivity contribution in [1.82, 2.24) is 5.32 Å². The van der Waals surface area contributed by atoms with Crippen LogP contribution in [-0.4, -0.2) is 34.0 Å². The maximum Gasteiger partial charge on any atom is 0.242 e. The summed E-state index contributed by atoms with van der Waals surface area (Å²) < 4.78 is 23.6. The zero-order valence-electron chi connectivity index (χ0n) is 11.9. The summed E-state index contributed by atoms with van der Waals surface area (Å²) in [5, 5.41) is 7.89. The normalized spacial score (nSPS) is 19.3. The van der Waals surface area contributed by atoms with Crippen molar-refractivity contribution in [2.45, 2.75) is 30.2 Å². The van der Waals surface area contributed by atoms with E-state index in [1.807, 2.05) is 0 Å². The molecule has 2 rings (SSSR count). The largest absolute Gasteiger partial charge is 0.399 e. The van der Waals surface area contributed by atoms with Crippen molar-refractivity contribution < 1.29 is 13.2 Å². The van der Waals surface area contributed by atoms with Crippen LogP contribution in [0.15, 0.2) is 23.1 Å². The molecule has 1 atom stereocenters. The lowest BCUT2D eigenvalue weighted by molar-refractivity contribution is -0.122. The number of carbonyl (C=O) groups is 1. The molecule has 0 saturated carbocycles. The minimum Gasteiger partial charge on any atom is -0.399 e. The molecule has 0 aliphatic carbocycles. The van der Waals surface area contributed by atoms with Crippen LogP contribution in [0.3, 0.4) is 0 Å². The fourth-order valence-corrected chi connectivity index (χ4v) is 3.43. The van der Waals surface area contributed by atoms with E-state index in [-0.39, 0.29) is 10.8 Å². The monoisotopic (exact) mass is 312 g/mol. The predicted molar refractivity (Wildman–Crippen MR) is 81.3 cm³/mol. The van der Waals surface area contributed by atoms with Crippen LogP contribution in [0, 0.1) is 0 Å². The third kappa shape index (κ3) is 3.27. The van der Waals surface area contributed by atoms with Gasteiger partial charge >= 0.3 is 0 Å². The number of amides is 1. The summed E-state index contributed by atoms with van der Waals surface area (Å²) in [7, 11) is -2.35. The highest BCUT2D eigenvalue weighted by Crippen LogP contribution is 2.31. The molecule has 1 aromatic carbocycles. The number of anilines is 2. The van der Waals surface area contributed by atoms with E-state index in [4.69, 9.17) is 10.9 Å². The zero-order chi connectivity index (χ0) is 15.6. The summed E-state index contributed by atoms with van der Waals surface area (Å²) in [4.78, 5) is 13.8. The van der Waals surface area contributed by atoms with Gasteiger partial charge in [0.2, 0.25) is 15.9 Å². The summed E-state index contributed by atoms with van der Waals surface area (Å²) in [6.45, 7) is 0.602. The molecule has 0 bridgehead atoms. The number of primary sulfonamides is 1. The highest BCUT2D eigenvalue weighted by Gasteiger charge is 2.31. The Morgan fingerprint density at radius 3 is 2.71 bits per heavy atom. The molecular formula is C13H20N4O3S. The van der Waals surface area contributed by atoms with Crippen LogP contribution in [-0.2, 0) is 14.8 Å². The Balaban J connectivity index is 2.51. The lowest BCUT2D eigenvalue weighted by Gasteiger charge is -2.37. The minimum absolute atomic E-state index is 0.0432. The third-order valence-electron chi connectivity index (χ3n) is 3.65. The van der Waals surface area contributed by atoms with E-state index in [1.54, 1.807) is 24.1 Å². The van der Waals surface area contributed by atoms with Gasteiger partial charge in [0.25, 0.3) is 0 Å². The minimum atomic E-state index is -3.91. The highest BCUT2D eigenvalue weighted by atomic mass is 32.2. The maximum absolute atomic E-state index is 12.0. The van der Waals surface area contributed by atoms with Crippen molar-refractivity contribution in [2.75, 3.05) is 24.2 Å². The van der Waals surface area contributed by atoms with E-state index in [9.17, 15) is 13.2 Å². The Kier molecular flexibility index (Phi) is 4.38. The molecule has 8 heteroatoms. The number of nitrogens with one attached hydrogen (secondary N) is 1. The van der Waals surface area contributed by atoms with Crippen molar-refractivity contribution in [2.24, 2.45) is 5.14 Å². The average Bonchev–Trinajstić information content (AvgIpc) is 2.45. The standard InChI is InChI=1S/C13H20N4O3S/c1-16-13(18)11-4-2-3-7-17(11)10-6-5-9(14)8-12(10)21(15,19)20/h5-6,8,11H,2-4,7,14H2,1H3,(H,16,18)(H2,15,19,20). The number of sulfonamides is 1. The van der Waals surface area contributed by atoms with Gasteiger partial charge in [-0.1, -0.05) is 0 Å². The first-order valence-corrected chi connectivity index (χ1v) is 8.30. The van der Waals surface area contributed by atoms with E-state index in [2.05, 4.69) is 5.32 Å². The molecule has 7 nitrogen and oxygen atoms in total. The van der Waals surface area contributed by atoms with Gasteiger partial charge in [-0.05, 0) is 37.5 Å². The van der Waals surface area contributed by atoms with Crippen molar-refractivity contribution in [3.63, 3.8) is 0 Å². The Labute approximate surface area is 124 Å². The molecule has 1 aliphatic rings. The smallest absolute Gasteiger partial charge is 0.242 e. The van der Waals surface area contributed by atoms with Crippen LogP contribution in [0.1, 0.15) is 19.3 Å². The summed E-state index contributed by atoms with van der Waals surface area (Å²) in [5.41, 5.74) is 6.40. The van der Waals surface area contributed by atoms with Gasteiger partial charge in [0, 0.05) is 19.3 Å². The lowest BCUT2D eigenvalue weighted by Crippen LogP contribution is -2.49. The SMILES string of the molecule is CNC(=O)C1CCCCN1c1ccc(N)cc1S(N)(=O)=O. The number of carbonyl (C=O) groups excluding carboxylic acids is 1. The molecule has 0 radical (unpaired) electrons. The first-order chi connectivity index (χ1) is 9.84. The van der Waals surface area contributed by atoms with Crippen LogP contribution in [0.2, 0.25) is 0 Å². The predicted octanol–water partition coefficient (Wildman–Crippen LogP) is 0.0211. The highest BCUT2D eigenvalue weighted by molar-refractivity contribution is 7.89. The number of likely N-dealkylation sites (N-methyl/N-ethyl adjacent to an activating group) is 1. The van der Waals surface area contributed by atoms with Gasteiger partial charge in [0.05, 0.1) is 5.69 Å². The number of nitrogen functional groups attached to an aromatic ring is 1. The fraction of sp³-hybridized carbons (Fsp3) is 0.462. The van der Waals surface area contributed by atoms with Gasteiger partial charge in [0.15, 0.2) is 0 Å². The van der Waals surface area contributed by atoms with Gasteiger partial charge in [-0.2, -0.15) is 0 Å². The fourth-order valence-electron chi connectivity index (χ4n) is 2.65. The zero-order valence-corrected chi connectivity index (χ0v) is 12.7. The molecular weight excluding hydrogens is 292 g/mol. The molecule has 1 fully saturated rings. The molecule has 0 spiro atoms. The summed E-state index contributed by atoms with van der Waals surface area (Å²) in [5.74, 6) is -0.133. The van der Waals surface area contributed by atoms with Crippen molar-refractivity contribution in [1.29, 1.82) is 0 Å². The average molecular weight is 312 g/mol. The van der Waals surface area contributed by atoms with E-state index >= 15 is 0 Å². The van der Waals surface area contributed by atoms with Crippen LogP contribution in [0.4, 0.5) is 11.4 Å². The Morgan fingerprint density at radius 1 is 1.38 bits per heavy atom. The van der Waals surface area contributed by atoms with Gasteiger partial charge in [-0.25, -0.2) is 13.6 Å². The van der Waals surface area contributed by atoms with Crippen LogP contribution in [0.5, 0.6) is 0 Å². The van der Waals surface area contributed by atoms with E-state index < -0.39 is 16.1 Å². The van der Waals surface area contributed by atoms with Crippen molar-refractivity contribution >= 4 is 27.3 Å². The molecule has 1 heterocycles. The third-order valence-corrected chi connectivity index (χ3v) is 4.59. The molecule has 5 N–H and O–H groups in total. The summed E-state index contributed by atoms with van der Waals surface area (Å²) >= 11 is 0. The molecule has 1 unspecified atom stereocenters. The molecule has 1 amide bonds. The number of nitrogens with two attached hydrogens (primary N) is 2. The number of benzene rings is 1. The Bertz CT molecular complexity index is 645. The van der Waals surface area contributed by atoms with Crippen LogP contribution < -0.4 is 21.1 Å². The second kappa shape index (κ2) is 5.90. The first-order valence-electron chi connectivity index (χ1n) is 6.75. The van der Waals surface area contributed by atoms with E-state index in [1.165, 1.54) is 6.07 Å². The number of hydrogen-bond acceptors (Lipinski definition) is 5. The Morgan fingerprint density at radius 2 is 2.10 bits per heavy atom. The number of nitrogens with zero attached hydrogens (tertiary/aromatic N) is 1. The Hall–Kier alpha value is -1.80. The molecule has 116 valence electrons. The van der Waals surface area contributed by atoms with Crippen LogP contribution in [0.25, 0.3) is 0 Å². The summed E-state index contributed by atoms with van der Waals surface area (Å²) in [6, 6.07) is 4.16. The lowest BCUT2D eigenvalue weighted by atomic mass is 10.0. The van der Waals surface area contributed by atoms with Crippen LogP contribution >= 0.6 is 0 Å². The second-order valence-electron chi connectivity index (χ2n) is 5.09. The first kappa shape index (κ1) is 15.6. The summed E-state index contributed by atoms with van der Waals surface area (Å²) in [6.07, 6.45) is 2.49. The quantitative estimate of drug-likeness (QED) is 0.680. The van der Waals surface area contributed by atoms with Crippen molar-refractivity contribution in [3.05, 3.63) is 18.2 Å². The maximum atomic E-state index is 12.0. The number of piperidine rings is 1. The topological polar surface area (TPSA) is 119 Å². The van der Waals surface area contributed by atoms with Gasteiger partial charge in [-0.15, -0.1) is 0 Å².